The van der Waals surface area contributed by atoms with E-state index in [1.54, 1.807) is 0 Å². The maximum atomic E-state index is 10.7. The fourth-order valence-electron chi connectivity index (χ4n) is 0.601. The lowest BCUT2D eigenvalue weighted by Crippen LogP contribution is -2.56. The lowest BCUT2D eigenvalue weighted by molar-refractivity contribution is -0.799. The number of nitro groups is 2. The predicted molar refractivity (Wildman–Crippen MR) is 40.4 cm³/mol. The van der Waals surface area contributed by atoms with Gasteiger partial charge >= 0.3 is 11.6 Å². The molecule has 9 heteroatoms. The Morgan fingerprint density at radius 2 is 1.79 bits per heavy atom. The van der Waals surface area contributed by atoms with Crippen LogP contribution in [-0.2, 0) is 9.53 Å². The summed E-state index contributed by atoms with van der Waals surface area (Å²) in [6, 6.07) is 0. The highest BCUT2D eigenvalue weighted by atomic mass is 16.7. The molecule has 0 bridgehead atoms. The quantitative estimate of drug-likeness (QED) is 0.265. The molecular weight excluding hydrogens is 200 g/mol. The molecule has 0 saturated carbocycles. The molecule has 1 N–H and O–H groups in total. The van der Waals surface area contributed by atoms with E-state index in [1.807, 2.05) is 0 Å². The van der Waals surface area contributed by atoms with E-state index < -0.39 is 27.6 Å². The van der Waals surface area contributed by atoms with Crippen molar-refractivity contribution in [3.05, 3.63) is 20.2 Å². The van der Waals surface area contributed by atoms with Crippen molar-refractivity contribution in [3.8, 4) is 0 Å². The smallest absolute Gasteiger partial charge is 0.467 e. The summed E-state index contributed by atoms with van der Waals surface area (Å²) in [4.78, 5) is 28.6. The van der Waals surface area contributed by atoms with E-state index in [0.717, 1.165) is 7.11 Å². The molecule has 0 aromatic rings. The zero-order chi connectivity index (χ0) is 11.5. The minimum atomic E-state index is -2.99. The Bertz CT molecular complexity index is 261. The first kappa shape index (κ1) is 12.2. The van der Waals surface area contributed by atoms with E-state index in [-0.39, 0.29) is 0 Å². The predicted octanol–water partition coefficient (Wildman–Crippen LogP) is -1.21. The molecule has 80 valence electrons. The molecule has 0 rings (SSSR count). The standard InChI is InChI=1S/C5H8N2O7/c1-5(6(10)11,7(12)13)3(8)4(9)14-2/h3,8H,1-2H3. The van der Waals surface area contributed by atoms with Crippen LogP contribution in [-0.4, -0.2) is 39.8 Å². The molecule has 0 fully saturated rings. The molecule has 0 radical (unpaired) electrons. The Balaban J connectivity index is 5.12. The van der Waals surface area contributed by atoms with Crippen molar-refractivity contribution in [3.63, 3.8) is 0 Å². The normalized spacial score (nSPS) is 13.1. The van der Waals surface area contributed by atoms with Gasteiger partial charge in [-0.3, -0.25) is 20.2 Å². The van der Waals surface area contributed by atoms with Gasteiger partial charge in [0.15, 0.2) is 0 Å². The molecule has 0 amide bonds. The summed E-state index contributed by atoms with van der Waals surface area (Å²) in [6.45, 7) is 0.522. The lowest BCUT2D eigenvalue weighted by Gasteiger charge is -2.15. The molecule has 0 aromatic heterocycles. The van der Waals surface area contributed by atoms with Crippen LogP contribution >= 0.6 is 0 Å². The molecule has 0 aliphatic rings. The Labute approximate surface area is 77.6 Å². The van der Waals surface area contributed by atoms with Crippen molar-refractivity contribution in [2.75, 3.05) is 7.11 Å². The van der Waals surface area contributed by atoms with Crippen molar-refractivity contribution in [2.45, 2.75) is 18.7 Å². The zero-order valence-corrected chi connectivity index (χ0v) is 7.37. The number of methoxy groups -OCH3 is 1. The highest BCUT2D eigenvalue weighted by molar-refractivity contribution is 5.75. The number of hydrogen-bond donors (Lipinski definition) is 1. The molecule has 0 aliphatic carbocycles. The van der Waals surface area contributed by atoms with Gasteiger partial charge in [0, 0.05) is 0 Å². The number of aliphatic hydroxyl groups excluding tert-OH is 1. The first-order chi connectivity index (χ1) is 6.28. The molecule has 1 atom stereocenters. The summed E-state index contributed by atoms with van der Waals surface area (Å²) in [6.07, 6.45) is -2.45. The summed E-state index contributed by atoms with van der Waals surface area (Å²) in [5.74, 6) is -1.43. The maximum absolute atomic E-state index is 10.7. The maximum Gasteiger partial charge on any atom is 0.491 e. The summed E-state index contributed by atoms with van der Waals surface area (Å²) in [7, 11) is 0.853. The first-order valence-corrected chi connectivity index (χ1v) is 3.33. The number of carbonyl (C=O) groups is 1. The second kappa shape index (κ2) is 3.96. The number of esters is 1. The number of carbonyl (C=O) groups excluding carboxylic acids is 1. The highest BCUT2D eigenvalue weighted by Gasteiger charge is 2.62. The third-order valence-corrected chi connectivity index (χ3v) is 1.68. The number of ether oxygens (including phenoxy) is 1. The van der Waals surface area contributed by atoms with E-state index >= 15 is 0 Å². The van der Waals surface area contributed by atoms with Gasteiger partial charge in [0.05, 0.1) is 14.0 Å². The van der Waals surface area contributed by atoms with Crippen LogP contribution in [0.5, 0.6) is 0 Å². The van der Waals surface area contributed by atoms with Gasteiger partial charge in [-0.15, -0.1) is 0 Å². The SMILES string of the molecule is COC(=O)C(O)C(C)([N+](=O)[O-])[N+](=O)[O-]. The van der Waals surface area contributed by atoms with Gasteiger partial charge in [0.1, 0.15) is 9.85 Å². The summed E-state index contributed by atoms with van der Waals surface area (Å²) >= 11 is 0. The van der Waals surface area contributed by atoms with Crippen LogP contribution in [0.2, 0.25) is 0 Å². The fraction of sp³-hybridized carbons (Fsp3) is 0.800. The summed E-state index contributed by atoms with van der Waals surface area (Å²) in [5, 5.41) is 29.7. The molecule has 0 heterocycles. The zero-order valence-electron chi connectivity index (χ0n) is 7.37. The van der Waals surface area contributed by atoms with E-state index in [1.165, 1.54) is 0 Å². The van der Waals surface area contributed by atoms with Crippen molar-refractivity contribution in [2.24, 2.45) is 0 Å². The Kier molecular flexibility index (Phi) is 3.46. The topological polar surface area (TPSA) is 133 Å². The number of hydrogen-bond acceptors (Lipinski definition) is 7. The van der Waals surface area contributed by atoms with Crippen LogP contribution in [0.4, 0.5) is 0 Å². The van der Waals surface area contributed by atoms with Crippen molar-refractivity contribution >= 4 is 5.97 Å². The minimum Gasteiger partial charge on any atom is -0.467 e. The van der Waals surface area contributed by atoms with Gasteiger partial charge in [0.25, 0.3) is 6.10 Å². The fourth-order valence-corrected chi connectivity index (χ4v) is 0.601. The third kappa shape index (κ3) is 1.76. The van der Waals surface area contributed by atoms with Crippen LogP contribution in [0.15, 0.2) is 0 Å². The van der Waals surface area contributed by atoms with Crippen LogP contribution in [0.25, 0.3) is 0 Å². The lowest BCUT2D eigenvalue weighted by atomic mass is 10.1. The van der Waals surface area contributed by atoms with E-state index in [4.69, 9.17) is 5.11 Å². The number of aliphatic hydroxyl groups is 1. The highest BCUT2D eigenvalue weighted by Crippen LogP contribution is 2.16. The average Bonchev–Trinajstić information content (AvgIpc) is 2.13. The number of nitrogens with zero attached hydrogens (tertiary/aromatic N) is 2. The van der Waals surface area contributed by atoms with Crippen LogP contribution in [0, 0.1) is 20.2 Å². The van der Waals surface area contributed by atoms with E-state index in [9.17, 15) is 25.0 Å². The molecule has 0 aromatic carbocycles. The molecule has 0 aliphatic heterocycles. The molecule has 9 nitrogen and oxygen atoms in total. The van der Waals surface area contributed by atoms with Gasteiger partial charge < -0.3 is 9.84 Å². The summed E-state index contributed by atoms with van der Waals surface area (Å²) in [5.41, 5.74) is -2.99. The number of rotatable bonds is 4. The molecule has 14 heavy (non-hydrogen) atoms. The Morgan fingerprint density at radius 1 is 1.43 bits per heavy atom. The van der Waals surface area contributed by atoms with Gasteiger partial charge in [-0.1, -0.05) is 0 Å². The molecule has 0 spiro atoms. The second-order valence-electron chi connectivity index (χ2n) is 2.53. The van der Waals surface area contributed by atoms with Gasteiger partial charge in [-0.05, 0) is 0 Å². The largest absolute Gasteiger partial charge is 0.491 e. The van der Waals surface area contributed by atoms with Crippen LogP contribution < -0.4 is 0 Å². The molecular formula is C5H8N2O7. The monoisotopic (exact) mass is 208 g/mol. The Morgan fingerprint density at radius 3 is 2.00 bits per heavy atom. The van der Waals surface area contributed by atoms with E-state index in [0.29, 0.717) is 6.92 Å². The van der Waals surface area contributed by atoms with Crippen molar-refractivity contribution in [1.29, 1.82) is 0 Å². The molecule has 0 saturated heterocycles. The first-order valence-electron chi connectivity index (χ1n) is 3.33. The van der Waals surface area contributed by atoms with Crippen molar-refractivity contribution < 1.29 is 24.5 Å². The second-order valence-corrected chi connectivity index (χ2v) is 2.53. The summed E-state index contributed by atoms with van der Waals surface area (Å²) < 4.78 is 3.96. The van der Waals surface area contributed by atoms with Gasteiger partial charge in [0.2, 0.25) is 0 Å². The Hall–Kier alpha value is -1.77. The minimum absolute atomic E-state index is 0.522. The van der Waals surface area contributed by atoms with Gasteiger partial charge in [-0.2, -0.15) is 0 Å². The van der Waals surface area contributed by atoms with Crippen molar-refractivity contribution in [1.82, 2.24) is 0 Å². The van der Waals surface area contributed by atoms with Gasteiger partial charge in [-0.25, -0.2) is 4.79 Å². The third-order valence-electron chi connectivity index (χ3n) is 1.68. The van der Waals surface area contributed by atoms with E-state index in [2.05, 4.69) is 4.74 Å². The molecule has 1 unspecified atom stereocenters. The van der Waals surface area contributed by atoms with Crippen LogP contribution in [0.1, 0.15) is 6.92 Å². The average molecular weight is 208 g/mol. The van der Waals surface area contributed by atoms with Crippen LogP contribution in [0.3, 0.4) is 0 Å².